The Balaban J connectivity index is 2.19. The van der Waals surface area contributed by atoms with E-state index in [0.29, 0.717) is 11.1 Å². The summed E-state index contributed by atoms with van der Waals surface area (Å²) in [5, 5.41) is 0. The lowest BCUT2D eigenvalue weighted by atomic mass is 10.0. The van der Waals surface area contributed by atoms with Crippen LogP contribution in [0.1, 0.15) is 21.5 Å². The Kier molecular flexibility index (Phi) is 4.13. The van der Waals surface area contributed by atoms with Crippen molar-refractivity contribution in [2.75, 3.05) is 7.11 Å². The fraction of sp³-hybridized carbons (Fsp3) is 0.188. The van der Waals surface area contributed by atoms with Crippen LogP contribution in [0.15, 0.2) is 36.4 Å². The first-order valence-corrected chi connectivity index (χ1v) is 6.13. The molecule has 0 fully saturated rings. The summed E-state index contributed by atoms with van der Waals surface area (Å²) in [6.07, 6.45) is 0.0173. The average molecular weight is 276 g/mol. The van der Waals surface area contributed by atoms with E-state index in [-0.39, 0.29) is 23.5 Å². The molecule has 104 valence electrons. The second kappa shape index (κ2) is 5.82. The normalized spacial score (nSPS) is 10.4. The minimum absolute atomic E-state index is 0.0173. The molecule has 0 aromatic heterocycles. The summed E-state index contributed by atoms with van der Waals surface area (Å²) in [6, 6.07) is 8.66. The number of methoxy groups -OCH3 is 1. The molecule has 0 unspecified atom stereocenters. The van der Waals surface area contributed by atoms with Crippen molar-refractivity contribution in [2.45, 2.75) is 13.3 Å². The third kappa shape index (κ3) is 3.02. The summed E-state index contributed by atoms with van der Waals surface area (Å²) >= 11 is 0. The number of ether oxygens (including phenoxy) is 1. The number of benzene rings is 2. The van der Waals surface area contributed by atoms with Gasteiger partial charge in [0.1, 0.15) is 5.82 Å². The zero-order valence-electron chi connectivity index (χ0n) is 11.2. The number of carbonyl (C=O) groups excluding carboxylic acids is 1. The van der Waals surface area contributed by atoms with Crippen LogP contribution in [0.5, 0.6) is 5.75 Å². The molecule has 2 aromatic rings. The molecule has 2 rings (SSSR count). The molecule has 0 aliphatic rings. The molecule has 0 aliphatic heterocycles. The zero-order valence-corrected chi connectivity index (χ0v) is 11.2. The highest BCUT2D eigenvalue weighted by atomic mass is 19.1. The third-order valence-corrected chi connectivity index (χ3v) is 3.07. The van der Waals surface area contributed by atoms with E-state index < -0.39 is 11.6 Å². The standard InChI is InChI=1S/C16H14F2O2/c1-10-3-5-12(9-13(10)17)15(19)8-11-4-6-16(20-2)14(18)7-11/h3-7,9H,8H2,1-2H3. The first-order chi connectivity index (χ1) is 9.51. The van der Waals surface area contributed by atoms with Crippen molar-refractivity contribution in [3.05, 3.63) is 64.7 Å². The van der Waals surface area contributed by atoms with Crippen LogP contribution in [0.25, 0.3) is 0 Å². The Labute approximate surface area is 116 Å². The number of aryl methyl sites for hydroxylation is 1. The molecule has 0 radical (unpaired) electrons. The van der Waals surface area contributed by atoms with Gasteiger partial charge in [0.15, 0.2) is 17.3 Å². The van der Waals surface area contributed by atoms with Gasteiger partial charge in [0.05, 0.1) is 7.11 Å². The molecular formula is C16H14F2O2. The summed E-state index contributed by atoms with van der Waals surface area (Å²) in [7, 11) is 1.37. The maximum Gasteiger partial charge on any atom is 0.167 e. The molecule has 0 amide bonds. The second-order valence-electron chi connectivity index (χ2n) is 4.53. The highest BCUT2D eigenvalue weighted by Crippen LogP contribution is 2.19. The van der Waals surface area contributed by atoms with E-state index in [0.717, 1.165) is 0 Å². The van der Waals surface area contributed by atoms with Crippen LogP contribution in [0.2, 0.25) is 0 Å². The maximum absolute atomic E-state index is 13.5. The topological polar surface area (TPSA) is 26.3 Å². The van der Waals surface area contributed by atoms with Crippen molar-refractivity contribution < 1.29 is 18.3 Å². The molecule has 4 heteroatoms. The van der Waals surface area contributed by atoms with Crippen LogP contribution in [0.4, 0.5) is 8.78 Å². The minimum Gasteiger partial charge on any atom is -0.494 e. The zero-order chi connectivity index (χ0) is 14.7. The SMILES string of the molecule is COc1ccc(CC(=O)c2ccc(C)c(F)c2)cc1F. The molecule has 0 atom stereocenters. The van der Waals surface area contributed by atoms with Gasteiger partial charge in [0.2, 0.25) is 0 Å². The summed E-state index contributed by atoms with van der Waals surface area (Å²) < 4.78 is 31.7. The van der Waals surface area contributed by atoms with Gasteiger partial charge in [-0.25, -0.2) is 8.78 Å². The molecule has 0 N–H and O–H groups in total. The average Bonchev–Trinajstić information content (AvgIpc) is 2.42. The van der Waals surface area contributed by atoms with Crippen LogP contribution >= 0.6 is 0 Å². The Morgan fingerprint density at radius 3 is 2.45 bits per heavy atom. The monoisotopic (exact) mass is 276 g/mol. The summed E-state index contributed by atoms with van der Waals surface area (Å²) in [5.41, 5.74) is 1.29. The number of rotatable bonds is 4. The number of Topliss-reactive ketones (excluding diaryl/α,β-unsaturated/α-hetero) is 1. The smallest absolute Gasteiger partial charge is 0.167 e. The predicted molar refractivity (Wildman–Crippen MR) is 72.1 cm³/mol. The lowest BCUT2D eigenvalue weighted by molar-refractivity contribution is 0.0992. The number of ketones is 1. The predicted octanol–water partition coefficient (Wildman–Crippen LogP) is 3.71. The lowest BCUT2D eigenvalue weighted by Crippen LogP contribution is -2.05. The van der Waals surface area contributed by atoms with Gasteiger partial charge in [-0.05, 0) is 36.2 Å². The van der Waals surface area contributed by atoms with Crippen LogP contribution in [-0.2, 0) is 6.42 Å². The third-order valence-electron chi connectivity index (χ3n) is 3.07. The molecule has 0 spiro atoms. The van der Waals surface area contributed by atoms with Gasteiger partial charge < -0.3 is 4.74 Å². The lowest BCUT2D eigenvalue weighted by Gasteiger charge is -2.06. The van der Waals surface area contributed by atoms with Gasteiger partial charge in [-0.3, -0.25) is 4.79 Å². The van der Waals surface area contributed by atoms with E-state index in [9.17, 15) is 13.6 Å². The Bertz CT molecular complexity index is 651. The van der Waals surface area contributed by atoms with Crippen molar-refractivity contribution in [3.63, 3.8) is 0 Å². The van der Waals surface area contributed by atoms with Crippen LogP contribution in [0.3, 0.4) is 0 Å². The summed E-state index contributed by atoms with van der Waals surface area (Å²) in [6.45, 7) is 1.63. The summed E-state index contributed by atoms with van der Waals surface area (Å²) in [4.78, 5) is 12.0. The van der Waals surface area contributed by atoms with Crippen molar-refractivity contribution >= 4 is 5.78 Å². The van der Waals surface area contributed by atoms with Crippen molar-refractivity contribution in [3.8, 4) is 5.75 Å². The highest BCUT2D eigenvalue weighted by molar-refractivity contribution is 5.97. The Hall–Kier alpha value is -2.23. The van der Waals surface area contributed by atoms with Crippen molar-refractivity contribution in [2.24, 2.45) is 0 Å². The van der Waals surface area contributed by atoms with Gasteiger partial charge in [-0.15, -0.1) is 0 Å². The molecular weight excluding hydrogens is 262 g/mol. The largest absolute Gasteiger partial charge is 0.494 e. The minimum atomic E-state index is -0.520. The number of halogens is 2. The molecule has 20 heavy (non-hydrogen) atoms. The molecule has 0 bridgehead atoms. The number of hydrogen-bond donors (Lipinski definition) is 0. The quantitative estimate of drug-likeness (QED) is 0.796. The fourth-order valence-electron chi connectivity index (χ4n) is 1.87. The molecule has 2 aromatic carbocycles. The van der Waals surface area contributed by atoms with E-state index in [1.165, 1.54) is 25.3 Å². The van der Waals surface area contributed by atoms with Crippen LogP contribution in [0, 0.1) is 18.6 Å². The molecule has 0 aliphatic carbocycles. The van der Waals surface area contributed by atoms with E-state index in [4.69, 9.17) is 4.74 Å². The highest BCUT2D eigenvalue weighted by Gasteiger charge is 2.11. The summed E-state index contributed by atoms with van der Waals surface area (Å²) in [5.74, 6) is -1.07. The van der Waals surface area contributed by atoms with Crippen molar-refractivity contribution in [1.82, 2.24) is 0 Å². The number of carbonyl (C=O) groups is 1. The Morgan fingerprint density at radius 2 is 1.85 bits per heavy atom. The molecule has 0 saturated carbocycles. The van der Waals surface area contributed by atoms with Gasteiger partial charge in [0, 0.05) is 12.0 Å². The molecule has 0 heterocycles. The van der Waals surface area contributed by atoms with E-state index >= 15 is 0 Å². The number of hydrogen-bond acceptors (Lipinski definition) is 2. The van der Waals surface area contributed by atoms with Gasteiger partial charge >= 0.3 is 0 Å². The van der Waals surface area contributed by atoms with Gasteiger partial charge in [-0.1, -0.05) is 18.2 Å². The molecule has 0 saturated heterocycles. The van der Waals surface area contributed by atoms with E-state index in [1.807, 2.05) is 0 Å². The first kappa shape index (κ1) is 14.2. The maximum atomic E-state index is 13.5. The first-order valence-electron chi connectivity index (χ1n) is 6.13. The second-order valence-corrected chi connectivity index (χ2v) is 4.53. The molecule has 2 nitrogen and oxygen atoms in total. The Morgan fingerprint density at radius 1 is 1.10 bits per heavy atom. The van der Waals surface area contributed by atoms with E-state index in [2.05, 4.69) is 0 Å². The van der Waals surface area contributed by atoms with Gasteiger partial charge in [-0.2, -0.15) is 0 Å². The van der Waals surface area contributed by atoms with E-state index in [1.54, 1.807) is 25.1 Å². The van der Waals surface area contributed by atoms with Crippen molar-refractivity contribution in [1.29, 1.82) is 0 Å². The van der Waals surface area contributed by atoms with Crippen LogP contribution in [-0.4, -0.2) is 12.9 Å². The van der Waals surface area contributed by atoms with Gasteiger partial charge in [0.25, 0.3) is 0 Å². The fourth-order valence-corrected chi connectivity index (χ4v) is 1.87. The van der Waals surface area contributed by atoms with Crippen LogP contribution < -0.4 is 4.74 Å².